The number of ether oxygens (including phenoxy) is 1. The maximum atomic E-state index is 12.5. The highest BCUT2D eigenvalue weighted by Crippen LogP contribution is 2.25. The number of aryl methyl sites for hydroxylation is 1. The van der Waals surface area contributed by atoms with Crippen molar-refractivity contribution in [3.63, 3.8) is 0 Å². The second-order valence-corrected chi connectivity index (χ2v) is 6.35. The standard InChI is InChI=1S/C15H13BrO3S/c1-9-3-5-12(16)11(7-9)15(18)13-6-4-10(20-13)8-14(17)19-2/h3-7H,8H2,1-2H3. The second kappa shape index (κ2) is 6.33. The average molecular weight is 353 g/mol. The summed E-state index contributed by atoms with van der Waals surface area (Å²) in [6.45, 7) is 1.94. The largest absolute Gasteiger partial charge is 0.469 e. The molecule has 5 heteroatoms. The van der Waals surface area contributed by atoms with Crippen molar-refractivity contribution in [1.29, 1.82) is 0 Å². The minimum atomic E-state index is -0.303. The summed E-state index contributed by atoms with van der Waals surface area (Å²) in [7, 11) is 1.35. The molecule has 0 saturated heterocycles. The highest BCUT2D eigenvalue weighted by atomic mass is 79.9. The molecule has 0 saturated carbocycles. The quantitative estimate of drug-likeness (QED) is 0.621. The first-order chi connectivity index (χ1) is 9.51. The SMILES string of the molecule is COC(=O)Cc1ccc(C(=O)c2cc(C)ccc2Br)s1. The van der Waals surface area contributed by atoms with Crippen LogP contribution in [0.5, 0.6) is 0 Å². The van der Waals surface area contributed by atoms with E-state index in [0.29, 0.717) is 10.4 Å². The molecule has 0 aliphatic rings. The minimum absolute atomic E-state index is 0.0401. The van der Waals surface area contributed by atoms with Crippen molar-refractivity contribution in [1.82, 2.24) is 0 Å². The Morgan fingerprint density at radius 1 is 1.25 bits per heavy atom. The maximum absolute atomic E-state index is 12.5. The molecule has 1 aromatic carbocycles. The van der Waals surface area contributed by atoms with Gasteiger partial charge in [0.1, 0.15) is 0 Å². The first-order valence-electron chi connectivity index (χ1n) is 5.97. The third kappa shape index (κ3) is 3.35. The lowest BCUT2D eigenvalue weighted by Crippen LogP contribution is -2.02. The molecule has 2 aromatic rings. The molecule has 2 rings (SSSR count). The van der Waals surface area contributed by atoms with Crippen LogP contribution < -0.4 is 0 Å². The van der Waals surface area contributed by atoms with Crippen LogP contribution in [-0.4, -0.2) is 18.9 Å². The number of methoxy groups -OCH3 is 1. The van der Waals surface area contributed by atoms with Crippen LogP contribution in [-0.2, 0) is 16.0 Å². The predicted molar refractivity (Wildman–Crippen MR) is 82.4 cm³/mol. The lowest BCUT2D eigenvalue weighted by Gasteiger charge is -2.03. The Balaban J connectivity index is 2.25. The fourth-order valence-corrected chi connectivity index (χ4v) is 3.13. The van der Waals surface area contributed by atoms with Gasteiger partial charge in [0.15, 0.2) is 0 Å². The number of thiophene rings is 1. The zero-order valence-electron chi connectivity index (χ0n) is 11.1. The van der Waals surface area contributed by atoms with Crippen LogP contribution in [0.4, 0.5) is 0 Å². The molecule has 1 aromatic heterocycles. The van der Waals surface area contributed by atoms with Gasteiger partial charge >= 0.3 is 5.97 Å². The van der Waals surface area contributed by atoms with Gasteiger partial charge < -0.3 is 4.74 Å². The van der Waals surface area contributed by atoms with Crippen LogP contribution in [0.2, 0.25) is 0 Å². The van der Waals surface area contributed by atoms with E-state index in [1.165, 1.54) is 18.4 Å². The highest BCUT2D eigenvalue weighted by molar-refractivity contribution is 9.10. The smallest absolute Gasteiger partial charge is 0.310 e. The van der Waals surface area contributed by atoms with Gasteiger partial charge in [-0.1, -0.05) is 27.6 Å². The molecule has 0 aliphatic carbocycles. The Morgan fingerprint density at radius 3 is 2.70 bits per heavy atom. The molecular weight excluding hydrogens is 340 g/mol. The summed E-state index contributed by atoms with van der Waals surface area (Å²) in [6.07, 6.45) is 0.198. The zero-order chi connectivity index (χ0) is 14.7. The Hall–Kier alpha value is -1.46. The van der Waals surface area contributed by atoms with Gasteiger partial charge in [-0.3, -0.25) is 9.59 Å². The van der Waals surface area contributed by atoms with Crippen LogP contribution in [0.15, 0.2) is 34.8 Å². The Bertz CT molecular complexity index is 661. The number of ketones is 1. The lowest BCUT2D eigenvalue weighted by atomic mass is 10.1. The van der Waals surface area contributed by atoms with Gasteiger partial charge in [-0.25, -0.2) is 0 Å². The lowest BCUT2D eigenvalue weighted by molar-refractivity contribution is -0.139. The van der Waals surface area contributed by atoms with Gasteiger partial charge in [0.25, 0.3) is 0 Å². The van der Waals surface area contributed by atoms with E-state index >= 15 is 0 Å². The predicted octanol–water partition coefficient (Wildman–Crippen LogP) is 3.77. The third-order valence-corrected chi connectivity index (χ3v) is 4.57. The summed E-state index contributed by atoms with van der Waals surface area (Å²) in [5.41, 5.74) is 1.67. The highest BCUT2D eigenvalue weighted by Gasteiger charge is 2.16. The number of carbonyl (C=O) groups excluding carboxylic acids is 2. The molecule has 0 amide bonds. The Kier molecular flexibility index (Phi) is 4.73. The van der Waals surface area contributed by atoms with E-state index in [9.17, 15) is 9.59 Å². The molecule has 3 nitrogen and oxygen atoms in total. The summed E-state index contributed by atoms with van der Waals surface area (Å²) in [5.74, 6) is -0.343. The first kappa shape index (κ1) is 14.9. The molecule has 0 fully saturated rings. The van der Waals surface area contributed by atoms with E-state index in [2.05, 4.69) is 20.7 Å². The first-order valence-corrected chi connectivity index (χ1v) is 7.58. The number of halogens is 1. The molecule has 0 radical (unpaired) electrons. The topological polar surface area (TPSA) is 43.4 Å². The molecule has 1 heterocycles. The van der Waals surface area contributed by atoms with E-state index in [-0.39, 0.29) is 18.2 Å². The van der Waals surface area contributed by atoms with Crippen LogP contribution >= 0.6 is 27.3 Å². The molecule has 0 N–H and O–H groups in total. The van der Waals surface area contributed by atoms with Crippen LogP contribution in [0, 0.1) is 6.92 Å². The normalized spacial score (nSPS) is 10.3. The van der Waals surface area contributed by atoms with Crippen molar-refractivity contribution in [2.45, 2.75) is 13.3 Å². The average Bonchev–Trinajstić information content (AvgIpc) is 2.89. The summed E-state index contributed by atoms with van der Waals surface area (Å²) in [5, 5.41) is 0. The van der Waals surface area contributed by atoms with Crippen LogP contribution in [0.3, 0.4) is 0 Å². The van der Waals surface area contributed by atoms with Gasteiger partial charge in [-0.05, 0) is 31.2 Å². The summed E-state index contributed by atoms with van der Waals surface area (Å²) in [4.78, 5) is 25.1. The molecule has 0 bridgehead atoms. The molecule has 0 spiro atoms. The number of benzene rings is 1. The number of rotatable bonds is 4. The molecule has 0 atom stereocenters. The summed E-state index contributed by atoms with van der Waals surface area (Å²) in [6, 6.07) is 9.20. The monoisotopic (exact) mass is 352 g/mol. The summed E-state index contributed by atoms with van der Waals surface area (Å²) >= 11 is 4.72. The van der Waals surface area contributed by atoms with Gasteiger partial charge in [0.05, 0.1) is 18.4 Å². The molecular formula is C15H13BrO3S. The fourth-order valence-electron chi connectivity index (χ4n) is 1.76. The molecule has 0 unspecified atom stereocenters. The van der Waals surface area contributed by atoms with Gasteiger partial charge in [0, 0.05) is 14.9 Å². The van der Waals surface area contributed by atoms with E-state index in [1.54, 1.807) is 12.1 Å². The number of carbonyl (C=O) groups is 2. The molecule has 0 aliphatic heterocycles. The van der Waals surface area contributed by atoms with Crippen molar-refractivity contribution in [2.24, 2.45) is 0 Å². The Morgan fingerprint density at radius 2 is 2.00 bits per heavy atom. The van der Waals surface area contributed by atoms with Crippen molar-refractivity contribution in [2.75, 3.05) is 7.11 Å². The summed E-state index contributed by atoms with van der Waals surface area (Å²) < 4.78 is 5.39. The van der Waals surface area contributed by atoms with Crippen LogP contribution in [0.25, 0.3) is 0 Å². The second-order valence-electron chi connectivity index (χ2n) is 4.33. The number of hydrogen-bond acceptors (Lipinski definition) is 4. The van der Waals surface area contributed by atoms with Gasteiger partial charge in [-0.2, -0.15) is 0 Å². The molecule has 20 heavy (non-hydrogen) atoms. The van der Waals surface area contributed by atoms with E-state index in [0.717, 1.165) is 14.9 Å². The third-order valence-electron chi connectivity index (χ3n) is 2.80. The van der Waals surface area contributed by atoms with Crippen LogP contribution in [0.1, 0.15) is 25.7 Å². The maximum Gasteiger partial charge on any atom is 0.310 e. The van der Waals surface area contributed by atoms with Gasteiger partial charge in [0.2, 0.25) is 5.78 Å². The number of hydrogen-bond donors (Lipinski definition) is 0. The van der Waals surface area contributed by atoms with E-state index in [4.69, 9.17) is 0 Å². The fraction of sp³-hybridized carbons (Fsp3) is 0.200. The van der Waals surface area contributed by atoms with E-state index in [1.807, 2.05) is 25.1 Å². The number of esters is 1. The van der Waals surface area contributed by atoms with Crippen molar-refractivity contribution in [3.8, 4) is 0 Å². The minimum Gasteiger partial charge on any atom is -0.469 e. The zero-order valence-corrected chi connectivity index (χ0v) is 13.5. The Labute approximate surface area is 129 Å². The molecule has 104 valence electrons. The van der Waals surface area contributed by atoms with Crippen molar-refractivity contribution < 1.29 is 14.3 Å². The van der Waals surface area contributed by atoms with E-state index < -0.39 is 0 Å². The van der Waals surface area contributed by atoms with Crippen molar-refractivity contribution >= 4 is 39.0 Å². The van der Waals surface area contributed by atoms with Crippen molar-refractivity contribution in [3.05, 3.63) is 55.7 Å². The van der Waals surface area contributed by atoms with Gasteiger partial charge in [-0.15, -0.1) is 11.3 Å².